The molecule has 0 heterocycles. The number of hydrogen-bond donors (Lipinski definition) is 2. The summed E-state index contributed by atoms with van der Waals surface area (Å²) in [5.41, 5.74) is 9.21. The molecule has 0 spiro atoms. The number of nitrogens with two attached hydrogens (primary N) is 1. The first-order valence-corrected chi connectivity index (χ1v) is 15.8. The Morgan fingerprint density at radius 3 is 1.91 bits per heavy atom. The zero-order chi connectivity index (χ0) is 33.3. The van der Waals surface area contributed by atoms with Crippen LogP contribution in [0.5, 0.6) is 0 Å². The van der Waals surface area contributed by atoms with E-state index in [9.17, 15) is 14.4 Å². The third-order valence-electron chi connectivity index (χ3n) is 8.34. The fourth-order valence-corrected chi connectivity index (χ4v) is 5.58. The van der Waals surface area contributed by atoms with Gasteiger partial charge in [0.2, 0.25) is 17.7 Å². The van der Waals surface area contributed by atoms with Crippen LogP contribution in [-0.4, -0.2) is 66.3 Å². The topological polar surface area (TPSA) is 95.7 Å². The minimum absolute atomic E-state index is 0.250. The average molecular weight is 619 g/mol. The van der Waals surface area contributed by atoms with Crippen LogP contribution in [0.4, 0.5) is 0 Å². The standard InChI is InChI=1S/C39H46N4O3/c1-39(2,40)23-22-33(24-28-14-8-6-9-15-28)37(45)43(5)35(27-30-20-21-31-18-12-13-19-32(31)25-30)38(46)42(4)34(36(44)41-3)26-29-16-10-7-11-17-29/h6-22,25,34-35H,23-24,26-27,40H2,1-5H3,(H,41,44)/b33-22+/t34-,35-/m1/s1. The smallest absolute Gasteiger partial charge is 0.250 e. The number of likely N-dealkylation sites (N-methyl/N-ethyl adjacent to an activating group) is 3. The SMILES string of the molecule is CNC(=O)[C@@H](Cc1ccccc1)N(C)C(=O)[C@@H](Cc1ccc2ccccc2c1)N(C)C(=O)/C(=C/CC(C)(C)N)Cc1ccccc1. The molecule has 7 nitrogen and oxygen atoms in total. The van der Waals surface area contributed by atoms with Crippen molar-refractivity contribution in [3.05, 3.63) is 131 Å². The molecule has 0 aliphatic heterocycles. The van der Waals surface area contributed by atoms with Crippen molar-refractivity contribution in [2.24, 2.45) is 5.73 Å². The molecule has 4 aromatic rings. The lowest BCUT2D eigenvalue weighted by Gasteiger charge is -2.35. The maximum absolute atomic E-state index is 14.5. The first kappa shape index (κ1) is 34.1. The molecule has 0 radical (unpaired) electrons. The Kier molecular flexibility index (Phi) is 11.5. The fraction of sp³-hybridized carbons (Fsp3) is 0.308. The van der Waals surface area contributed by atoms with Crippen LogP contribution >= 0.6 is 0 Å². The monoisotopic (exact) mass is 618 g/mol. The van der Waals surface area contributed by atoms with Crippen LogP contribution in [0, 0.1) is 0 Å². The van der Waals surface area contributed by atoms with Gasteiger partial charge in [0.15, 0.2) is 0 Å². The Hall–Kier alpha value is -4.75. The van der Waals surface area contributed by atoms with E-state index in [0.29, 0.717) is 24.8 Å². The van der Waals surface area contributed by atoms with Gasteiger partial charge in [0, 0.05) is 51.5 Å². The molecule has 46 heavy (non-hydrogen) atoms. The third-order valence-corrected chi connectivity index (χ3v) is 8.34. The predicted octanol–water partition coefficient (Wildman–Crippen LogP) is 5.32. The van der Waals surface area contributed by atoms with E-state index in [4.69, 9.17) is 5.73 Å². The summed E-state index contributed by atoms with van der Waals surface area (Å²) in [6.45, 7) is 3.84. The van der Waals surface area contributed by atoms with Crippen LogP contribution in [-0.2, 0) is 33.6 Å². The molecule has 0 aromatic heterocycles. The summed E-state index contributed by atoms with van der Waals surface area (Å²) in [6, 6.07) is 31.9. The highest BCUT2D eigenvalue weighted by atomic mass is 16.2. The van der Waals surface area contributed by atoms with Crippen molar-refractivity contribution >= 4 is 28.5 Å². The van der Waals surface area contributed by atoms with E-state index in [0.717, 1.165) is 27.5 Å². The predicted molar refractivity (Wildman–Crippen MR) is 186 cm³/mol. The highest BCUT2D eigenvalue weighted by molar-refractivity contribution is 5.98. The zero-order valence-corrected chi connectivity index (χ0v) is 27.6. The molecule has 0 aliphatic rings. The van der Waals surface area contributed by atoms with E-state index in [1.54, 1.807) is 21.1 Å². The van der Waals surface area contributed by atoms with Gasteiger partial charge in [-0.05, 0) is 47.7 Å². The number of nitrogens with zero attached hydrogens (tertiary/aromatic N) is 2. The summed E-state index contributed by atoms with van der Waals surface area (Å²) in [5.74, 6) is -0.833. The van der Waals surface area contributed by atoms with Crippen molar-refractivity contribution < 1.29 is 14.4 Å². The van der Waals surface area contributed by atoms with E-state index in [2.05, 4.69) is 11.4 Å². The number of rotatable bonds is 13. The second-order valence-electron chi connectivity index (χ2n) is 12.7. The number of carbonyl (C=O) groups excluding carboxylic acids is 3. The second kappa shape index (κ2) is 15.5. The third kappa shape index (κ3) is 9.14. The number of fused-ring (bicyclic) bond motifs is 1. The van der Waals surface area contributed by atoms with Crippen LogP contribution in [0.25, 0.3) is 10.8 Å². The lowest BCUT2D eigenvalue weighted by Crippen LogP contribution is -2.56. The molecule has 0 bridgehead atoms. The fourth-order valence-electron chi connectivity index (χ4n) is 5.58. The van der Waals surface area contributed by atoms with Gasteiger partial charge >= 0.3 is 0 Å². The van der Waals surface area contributed by atoms with E-state index < -0.39 is 17.6 Å². The lowest BCUT2D eigenvalue weighted by atomic mass is 9.95. The first-order valence-electron chi connectivity index (χ1n) is 15.8. The van der Waals surface area contributed by atoms with Gasteiger partial charge in [-0.2, -0.15) is 0 Å². The van der Waals surface area contributed by atoms with Gasteiger partial charge in [-0.3, -0.25) is 14.4 Å². The van der Waals surface area contributed by atoms with Crippen LogP contribution in [0.1, 0.15) is 37.0 Å². The summed E-state index contributed by atoms with van der Waals surface area (Å²) in [5, 5.41) is 4.87. The molecule has 7 heteroatoms. The van der Waals surface area contributed by atoms with Gasteiger partial charge < -0.3 is 20.9 Å². The summed E-state index contributed by atoms with van der Waals surface area (Å²) < 4.78 is 0. The van der Waals surface area contributed by atoms with Gasteiger partial charge in [0.1, 0.15) is 12.1 Å². The number of nitrogens with one attached hydrogen (secondary N) is 1. The maximum atomic E-state index is 14.5. The number of carbonyl (C=O) groups is 3. The lowest BCUT2D eigenvalue weighted by molar-refractivity contribution is -0.146. The molecule has 3 amide bonds. The molecule has 2 atom stereocenters. The van der Waals surface area contributed by atoms with Crippen molar-refractivity contribution in [3.8, 4) is 0 Å². The maximum Gasteiger partial charge on any atom is 0.250 e. The highest BCUT2D eigenvalue weighted by Crippen LogP contribution is 2.22. The zero-order valence-electron chi connectivity index (χ0n) is 27.6. The number of benzene rings is 4. The highest BCUT2D eigenvalue weighted by Gasteiger charge is 2.35. The molecule has 3 N–H and O–H groups in total. The van der Waals surface area contributed by atoms with Crippen LogP contribution in [0.2, 0.25) is 0 Å². The van der Waals surface area contributed by atoms with Crippen molar-refractivity contribution in [3.63, 3.8) is 0 Å². The minimum Gasteiger partial charge on any atom is -0.357 e. The van der Waals surface area contributed by atoms with Crippen molar-refractivity contribution in [1.29, 1.82) is 0 Å². The summed E-state index contributed by atoms with van der Waals surface area (Å²) in [6.07, 6.45) is 3.42. The van der Waals surface area contributed by atoms with E-state index in [-0.39, 0.29) is 24.1 Å². The average Bonchev–Trinajstić information content (AvgIpc) is 3.06. The Bertz CT molecular complexity index is 1660. The summed E-state index contributed by atoms with van der Waals surface area (Å²) in [7, 11) is 4.90. The van der Waals surface area contributed by atoms with E-state index in [1.165, 1.54) is 9.80 Å². The second-order valence-corrected chi connectivity index (χ2v) is 12.7. The molecule has 0 aliphatic carbocycles. The van der Waals surface area contributed by atoms with Gasteiger partial charge in [-0.15, -0.1) is 0 Å². The minimum atomic E-state index is -0.869. The van der Waals surface area contributed by atoms with Gasteiger partial charge in [0.05, 0.1) is 0 Å². The van der Waals surface area contributed by atoms with Crippen LogP contribution < -0.4 is 11.1 Å². The van der Waals surface area contributed by atoms with Gasteiger partial charge in [-0.25, -0.2) is 0 Å². The molecule has 240 valence electrons. The van der Waals surface area contributed by atoms with Crippen molar-refractivity contribution in [2.45, 2.75) is 57.2 Å². The molecule has 0 saturated carbocycles. The number of hydrogen-bond acceptors (Lipinski definition) is 4. The molecular weight excluding hydrogens is 572 g/mol. The summed E-state index contributed by atoms with van der Waals surface area (Å²) in [4.78, 5) is 45.1. The Morgan fingerprint density at radius 1 is 0.739 bits per heavy atom. The molecule has 0 fully saturated rings. The quantitative estimate of drug-likeness (QED) is 0.198. The normalized spacial score (nSPS) is 13.1. The molecular formula is C39H46N4O3. The van der Waals surface area contributed by atoms with Crippen LogP contribution in [0.15, 0.2) is 115 Å². The first-order chi connectivity index (χ1) is 22.0. The Balaban J connectivity index is 1.72. The van der Waals surface area contributed by atoms with Gasteiger partial charge in [0.25, 0.3) is 0 Å². The summed E-state index contributed by atoms with van der Waals surface area (Å²) >= 11 is 0. The molecule has 4 rings (SSSR count). The Morgan fingerprint density at radius 2 is 1.30 bits per heavy atom. The molecule has 0 saturated heterocycles. The van der Waals surface area contributed by atoms with Gasteiger partial charge in [-0.1, -0.05) is 109 Å². The van der Waals surface area contributed by atoms with Crippen molar-refractivity contribution in [2.75, 3.05) is 21.1 Å². The van der Waals surface area contributed by atoms with E-state index in [1.807, 2.05) is 117 Å². The molecule has 4 aromatic carbocycles. The molecule has 0 unspecified atom stereocenters. The Labute approximate surface area is 273 Å². The van der Waals surface area contributed by atoms with Crippen molar-refractivity contribution in [1.82, 2.24) is 15.1 Å². The van der Waals surface area contributed by atoms with E-state index >= 15 is 0 Å². The largest absolute Gasteiger partial charge is 0.357 e. The number of amides is 3. The van der Waals surface area contributed by atoms with Crippen LogP contribution in [0.3, 0.4) is 0 Å².